The number of urea groups is 1. The largest absolute Gasteiger partial charge is 0.497 e. The Hall–Kier alpha value is -3.86. The van der Waals surface area contributed by atoms with E-state index in [1.54, 1.807) is 36.3 Å². The lowest BCUT2D eigenvalue weighted by atomic mass is 9.97. The third kappa shape index (κ3) is 4.25. The molecule has 1 aromatic heterocycles. The highest BCUT2D eigenvalue weighted by molar-refractivity contribution is 5.89. The number of nitrogens with zero attached hydrogens (tertiary/aromatic N) is 4. The fraction of sp³-hybridized carbons (Fsp3) is 0.273. The van der Waals surface area contributed by atoms with Crippen LogP contribution < -0.4 is 10.1 Å². The quantitative estimate of drug-likeness (QED) is 0.705. The number of nitrogens with one attached hydrogen (secondary N) is 1. The van der Waals surface area contributed by atoms with Crippen LogP contribution in [-0.2, 0) is 0 Å². The first kappa shape index (κ1) is 19.5. The number of amides is 2. The highest BCUT2D eigenvalue weighted by Gasteiger charge is 2.27. The van der Waals surface area contributed by atoms with Gasteiger partial charge in [0.05, 0.1) is 18.7 Å². The summed E-state index contributed by atoms with van der Waals surface area (Å²) in [6.07, 6.45) is 1.48. The molecule has 2 amide bonds. The van der Waals surface area contributed by atoms with Crippen LogP contribution in [0, 0.1) is 11.3 Å². The first-order valence-corrected chi connectivity index (χ1v) is 9.70. The highest BCUT2D eigenvalue weighted by atomic mass is 16.5. The second-order valence-electron chi connectivity index (χ2n) is 7.07. The van der Waals surface area contributed by atoms with Crippen molar-refractivity contribution < 1.29 is 14.1 Å². The maximum atomic E-state index is 12.5. The molecule has 30 heavy (non-hydrogen) atoms. The monoisotopic (exact) mass is 403 g/mol. The second kappa shape index (κ2) is 8.66. The van der Waals surface area contributed by atoms with Gasteiger partial charge in [0, 0.05) is 30.3 Å². The fourth-order valence-corrected chi connectivity index (χ4v) is 3.48. The summed E-state index contributed by atoms with van der Waals surface area (Å²) >= 11 is 0. The summed E-state index contributed by atoms with van der Waals surface area (Å²) in [7, 11) is 1.62. The van der Waals surface area contributed by atoms with Gasteiger partial charge in [-0.15, -0.1) is 0 Å². The number of hydrogen-bond donors (Lipinski definition) is 1. The number of ether oxygens (including phenoxy) is 1. The molecule has 152 valence electrons. The van der Waals surface area contributed by atoms with E-state index < -0.39 is 0 Å². The van der Waals surface area contributed by atoms with Gasteiger partial charge in [-0.05, 0) is 43.2 Å². The Morgan fingerprint density at radius 1 is 1.23 bits per heavy atom. The molecule has 1 aliphatic rings. The zero-order chi connectivity index (χ0) is 20.9. The molecule has 0 radical (unpaired) electrons. The molecule has 1 N–H and O–H groups in total. The molecule has 0 aliphatic carbocycles. The average Bonchev–Trinajstić information content (AvgIpc) is 3.30. The van der Waals surface area contributed by atoms with Crippen molar-refractivity contribution in [3.05, 3.63) is 60.0 Å². The lowest BCUT2D eigenvalue weighted by Gasteiger charge is -2.30. The van der Waals surface area contributed by atoms with Gasteiger partial charge in [0.2, 0.25) is 11.7 Å². The van der Waals surface area contributed by atoms with Gasteiger partial charge in [0.15, 0.2) is 0 Å². The molecule has 2 heterocycles. The zero-order valence-electron chi connectivity index (χ0n) is 16.5. The van der Waals surface area contributed by atoms with Crippen molar-refractivity contribution in [2.75, 3.05) is 25.5 Å². The van der Waals surface area contributed by atoms with Crippen LogP contribution in [0.1, 0.15) is 30.2 Å². The summed E-state index contributed by atoms with van der Waals surface area (Å²) in [5, 5.41) is 15.9. The lowest BCUT2D eigenvalue weighted by molar-refractivity contribution is 0.187. The average molecular weight is 403 g/mol. The zero-order valence-corrected chi connectivity index (χ0v) is 16.5. The normalized spacial score (nSPS) is 14.2. The summed E-state index contributed by atoms with van der Waals surface area (Å²) in [4.78, 5) is 18.8. The Morgan fingerprint density at radius 2 is 2.03 bits per heavy atom. The number of benzene rings is 2. The molecule has 0 spiro atoms. The Bertz CT molecular complexity index is 1080. The molecule has 0 saturated carbocycles. The minimum Gasteiger partial charge on any atom is -0.497 e. The van der Waals surface area contributed by atoms with Crippen LogP contribution in [0.4, 0.5) is 10.5 Å². The molecular formula is C22H21N5O3. The molecule has 4 rings (SSSR count). The van der Waals surface area contributed by atoms with Crippen molar-refractivity contribution in [2.24, 2.45) is 0 Å². The number of carbonyl (C=O) groups excluding carboxylic acids is 1. The van der Waals surface area contributed by atoms with E-state index in [1.807, 2.05) is 24.3 Å². The van der Waals surface area contributed by atoms with Gasteiger partial charge in [-0.25, -0.2) is 4.79 Å². The van der Waals surface area contributed by atoms with Crippen LogP contribution in [-0.4, -0.2) is 41.3 Å². The van der Waals surface area contributed by atoms with E-state index >= 15 is 0 Å². The minimum absolute atomic E-state index is 0.114. The van der Waals surface area contributed by atoms with Gasteiger partial charge in [-0.1, -0.05) is 23.4 Å². The molecule has 0 unspecified atom stereocenters. The highest BCUT2D eigenvalue weighted by Crippen LogP contribution is 2.29. The van der Waals surface area contributed by atoms with Gasteiger partial charge in [-0.3, -0.25) is 0 Å². The molecule has 8 nitrogen and oxygen atoms in total. The molecule has 1 aliphatic heterocycles. The van der Waals surface area contributed by atoms with Gasteiger partial charge >= 0.3 is 6.03 Å². The van der Waals surface area contributed by atoms with Gasteiger partial charge in [-0.2, -0.15) is 10.2 Å². The molecule has 3 aromatic rings. The predicted octanol–water partition coefficient (Wildman–Crippen LogP) is 4.03. The van der Waals surface area contributed by atoms with Crippen molar-refractivity contribution in [1.82, 2.24) is 15.0 Å². The van der Waals surface area contributed by atoms with E-state index in [0.717, 1.165) is 24.2 Å². The maximum Gasteiger partial charge on any atom is 0.321 e. The first-order valence-electron chi connectivity index (χ1n) is 9.70. The standard InChI is InChI=1S/C22H21N5O3/c1-29-19-7-3-5-17(13-19)20-25-21(30-26-20)16-8-10-27(11-9-16)22(28)24-18-6-2-4-15(12-18)14-23/h2-7,12-13,16H,8-11H2,1H3,(H,24,28). The van der Waals surface area contributed by atoms with Crippen molar-refractivity contribution in [2.45, 2.75) is 18.8 Å². The number of nitriles is 1. The Kier molecular flexibility index (Phi) is 5.61. The van der Waals surface area contributed by atoms with E-state index in [0.29, 0.717) is 36.1 Å². The van der Waals surface area contributed by atoms with Crippen LogP contribution in [0.25, 0.3) is 11.4 Å². The van der Waals surface area contributed by atoms with E-state index in [9.17, 15) is 4.79 Å². The summed E-state index contributed by atoms with van der Waals surface area (Å²) in [5.41, 5.74) is 1.96. The van der Waals surface area contributed by atoms with Crippen LogP contribution in [0.15, 0.2) is 53.1 Å². The van der Waals surface area contributed by atoms with Crippen LogP contribution >= 0.6 is 0 Å². The number of likely N-dealkylation sites (tertiary alicyclic amines) is 1. The van der Waals surface area contributed by atoms with Crippen LogP contribution in [0.5, 0.6) is 5.75 Å². The second-order valence-corrected chi connectivity index (χ2v) is 7.07. The predicted molar refractivity (Wildman–Crippen MR) is 110 cm³/mol. The number of methoxy groups -OCH3 is 1. The molecule has 1 fully saturated rings. The van der Waals surface area contributed by atoms with E-state index in [1.165, 1.54) is 0 Å². The number of piperidine rings is 1. The third-order valence-electron chi connectivity index (χ3n) is 5.14. The van der Waals surface area contributed by atoms with E-state index in [4.69, 9.17) is 14.5 Å². The van der Waals surface area contributed by atoms with Gasteiger partial charge < -0.3 is 19.5 Å². The van der Waals surface area contributed by atoms with Crippen molar-refractivity contribution in [3.8, 4) is 23.2 Å². The summed E-state index contributed by atoms with van der Waals surface area (Å²) in [6.45, 7) is 1.18. The molecular weight excluding hydrogens is 382 g/mol. The third-order valence-corrected chi connectivity index (χ3v) is 5.14. The summed E-state index contributed by atoms with van der Waals surface area (Å²) in [6, 6.07) is 16.3. The summed E-state index contributed by atoms with van der Waals surface area (Å²) < 4.78 is 10.7. The number of aromatic nitrogens is 2. The topological polar surface area (TPSA) is 104 Å². The summed E-state index contributed by atoms with van der Waals surface area (Å²) in [5.74, 6) is 1.97. The molecule has 8 heteroatoms. The SMILES string of the molecule is COc1cccc(-c2noc(C3CCN(C(=O)Nc4cccc(C#N)c4)CC3)n2)c1. The first-order chi connectivity index (χ1) is 14.7. The molecule has 0 atom stereocenters. The maximum absolute atomic E-state index is 12.5. The number of anilines is 1. The van der Waals surface area contributed by atoms with Crippen molar-refractivity contribution in [1.29, 1.82) is 5.26 Å². The Balaban J connectivity index is 1.36. The molecule has 1 saturated heterocycles. The fourth-order valence-electron chi connectivity index (χ4n) is 3.48. The molecule has 2 aromatic carbocycles. The number of rotatable bonds is 4. The van der Waals surface area contributed by atoms with Crippen LogP contribution in [0.3, 0.4) is 0 Å². The van der Waals surface area contributed by atoms with Crippen molar-refractivity contribution in [3.63, 3.8) is 0 Å². The minimum atomic E-state index is -0.175. The van der Waals surface area contributed by atoms with Gasteiger partial charge in [0.25, 0.3) is 0 Å². The van der Waals surface area contributed by atoms with Gasteiger partial charge in [0.1, 0.15) is 5.75 Å². The lowest BCUT2D eigenvalue weighted by Crippen LogP contribution is -2.40. The van der Waals surface area contributed by atoms with Crippen LogP contribution in [0.2, 0.25) is 0 Å². The Labute approximate surface area is 174 Å². The smallest absolute Gasteiger partial charge is 0.321 e. The number of hydrogen-bond acceptors (Lipinski definition) is 6. The van der Waals surface area contributed by atoms with E-state index in [-0.39, 0.29) is 11.9 Å². The van der Waals surface area contributed by atoms with Crippen molar-refractivity contribution >= 4 is 11.7 Å². The Morgan fingerprint density at radius 3 is 2.80 bits per heavy atom. The molecule has 0 bridgehead atoms. The van der Waals surface area contributed by atoms with E-state index in [2.05, 4.69) is 21.5 Å². The number of carbonyl (C=O) groups is 1.